The van der Waals surface area contributed by atoms with Crippen molar-refractivity contribution in [1.29, 1.82) is 0 Å². The van der Waals surface area contributed by atoms with Crippen LogP contribution in [0, 0.1) is 0 Å². The molecular formula is C132H69N9O2S7. The van der Waals surface area contributed by atoms with Crippen LogP contribution >= 0.6 is 79.4 Å². The van der Waals surface area contributed by atoms with E-state index in [0.717, 1.165) is 147 Å². The maximum atomic E-state index is 6.62. The lowest BCUT2D eigenvalue weighted by Crippen LogP contribution is -2.03. The lowest BCUT2D eigenvalue weighted by atomic mass is 10.00. The molecule has 0 radical (unpaired) electrons. The van der Waals surface area contributed by atoms with E-state index in [0.29, 0.717) is 17.8 Å². The summed E-state index contributed by atoms with van der Waals surface area (Å²) < 4.78 is 33.8. The number of fused-ring (bicyclic) bond motifs is 48. The van der Waals surface area contributed by atoms with Gasteiger partial charge >= 0.3 is 0 Å². The van der Waals surface area contributed by atoms with Gasteiger partial charge in [-0.3, -0.25) is 13.7 Å². The third-order valence-corrected chi connectivity index (χ3v) is 38.7. The van der Waals surface area contributed by atoms with Gasteiger partial charge in [0.2, 0.25) is 17.8 Å². The first kappa shape index (κ1) is 83.4. The Balaban J connectivity index is 0.0000000957. The van der Waals surface area contributed by atoms with E-state index in [-0.39, 0.29) is 0 Å². The fourth-order valence-corrected chi connectivity index (χ4v) is 32.6. The van der Waals surface area contributed by atoms with Gasteiger partial charge in [-0.15, -0.1) is 79.4 Å². The Bertz CT molecular complexity index is 11900. The number of para-hydroxylation sites is 6. The predicted octanol–water partition coefficient (Wildman–Crippen LogP) is 39.6. The van der Waals surface area contributed by atoms with Crippen LogP contribution in [-0.2, 0) is 0 Å². The van der Waals surface area contributed by atoms with Gasteiger partial charge in [0, 0.05) is 230 Å². The van der Waals surface area contributed by atoms with Crippen LogP contribution in [0.15, 0.2) is 427 Å². The summed E-state index contributed by atoms with van der Waals surface area (Å²) in [6.45, 7) is 0. The second-order valence-corrected chi connectivity index (χ2v) is 45.9. The number of benzene rings is 21. The van der Waals surface area contributed by atoms with E-state index in [1.165, 1.54) is 170 Å². The van der Waals surface area contributed by atoms with Gasteiger partial charge in [-0.2, -0.15) is 0 Å². The van der Waals surface area contributed by atoms with E-state index in [1.807, 2.05) is 69.6 Å². The topological polar surface area (TPSA) is 118 Å². The number of rotatable bonds is 6. The molecule has 0 bridgehead atoms. The average Bonchev–Trinajstić information content (AvgIpc) is 1.54. The lowest BCUT2D eigenvalue weighted by molar-refractivity contribution is 0.669. The van der Waals surface area contributed by atoms with E-state index < -0.39 is 0 Å². The van der Waals surface area contributed by atoms with Gasteiger partial charge in [-0.05, 0) is 97.1 Å². The SMILES string of the molecule is c1ccc2c(c1)oc1c(-c3nc(-n4c5ccccc5c5c6c7ccccc7sc6c6ccccc6c54)nc4sc5ccccc5c34)cccc12.c1ccc2c(c1)oc1ccc(-c3nc(-n4c5ccccc5c5c6c7ccccc7sc6c6ccccc6c54)nc4sc5ccccc5c34)cc12.c1ccc2c(c1)sc1c(-c3nc(-n4c5ccccc5c5c6c7ccccc7sc6c6ccccc6c54)nc4sc5ccccc5c34)cccc12. The molecule has 21 aromatic carbocycles. The zero-order chi connectivity index (χ0) is 97.5. The third-order valence-electron chi connectivity index (χ3n) is 30.7. The number of hydrogen-bond donors (Lipinski definition) is 0. The maximum Gasteiger partial charge on any atom is 0.236 e. The molecule has 0 aliphatic rings. The molecule has 15 heterocycles. The van der Waals surface area contributed by atoms with Gasteiger partial charge < -0.3 is 8.83 Å². The molecule has 0 saturated heterocycles. The van der Waals surface area contributed by atoms with Crippen molar-refractivity contribution in [3.63, 3.8) is 0 Å². The lowest BCUT2D eigenvalue weighted by Gasteiger charge is -2.12. The van der Waals surface area contributed by atoms with Gasteiger partial charge in [0.05, 0.1) is 50.2 Å². The number of thiophene rings is 7. The summed E-state index contributed by atoms with van der Waals surface area (Å²) in [7, 11) is 0. The first-order valence-electron chi connectivity index (χ1n) is 50.0. The molecule has 0 aliphatic heterocycles. The molecule has 0 fully saturated rings. The molecule has 0 N–H and O–H groups in total. The Kier molecular flexibility index (Phi) is 17.7. The minimum absolute atomic E-state index is 0.655. The van der Waals surface area contributed by atoms with Crippen LogP contribution in [0.3, 0.4) is 0 Å². The molecule has 11 nitrogen and oxygen atoms in total. The van der Waals surface area contributed by atoms with Crippen molar-refractivity contribution in [1.82, 2.24) is 43.6 Å². The maximum absolute atomic E-state index is 6.62. The van der Waals surface area contributed by atoms with Crippen molar-refractivity contribution in [3.8, 4) is 51.6 Å². The second kappa shape index (κ2) is 31.9. The van der Waals surface area contributed by atoms with E-state index in [4.69, 9.17) is 38.7 Å². The monoisotopic (exact) mass is 2040 g/mol. The highest BCUT2D eigenvalue weighted by Gasteiger charge is 2.32. The normalized spacial score (nSPS) is 12.4. The Morgan fingerprint density at radius 3 is 0.880 bits per heavy atom. The first-order chi connectivity index (χ1) is 74.4. The van der Waals surface area contributed by atoms with Crippen molar-refractivity contribution in [3.05, 3.63) is 419 Å². The summed E-state index contributed by atoms with van der Waals surface area (Å²) in [6.07, 6.45) is 0. The van der Waals surface area contributed by atoms with E-state index in [9.17, 15) is 0 Å². The number of nitrogens with zero attached hydrogens (tertiary/aromatic N) is 9. The highest BCUT2D eigenvalue weighted by atomic mass is 32.1. The van der Waals surface area contributed by atoms with Crippen molar-refractivity contribution >= 4 is 363 Å². The molecule has 0 unspecified atom stereocenters. The fraction of sp³-hybridized carbons (Fsp3) is 0. The Morgan fingerprint density at radius 2 is 0.453 bits per heavy atom. The minimum atomic E-state index is 0.655. The third kappa shape index (κ3) is 11.8. The molecule has 150 heavy (non-hydrogen) atoms. The van der Waals surface area contributed by atoms with Gasteiger partial charge in [0.1, 0.15) is 36.8 Å². The second-order valence-electron chi connectivity index (χ2n) is 38.6. The number of furan rings is 2. The summed E-state index contributed by atoms with van der Waals surface area (Å²) in [5.41, 5.74) is 16.1. The summed E-state index contributed by atoms with van der Waals surface area (Å²) >= 11 is 12.7. The highest BCUT2D eigenvalue weighted by Crippen LogP contribution is 2.56. The van der Waals surface area contributed by atoms with E-state index >= 15 is 0 Å². The van der Waals surface area contributed by atoms with Crippen molar-refractivity contribution in [2.24, 2.45) is 0 Å². The molecule has 15 aromatic heterocycles. The Labute approximate surface area is 877 Å². The smallest absolute Gasteiger partial charge is 0.236 e. The Hall–Kier alpha value is -17.8. The van der Waals surface area contributed by atoms with Gasteiger partial charge in [-0.25, -0.2) is 29.9 Å². The molecule has 0 amide bonds. The van der Waals surface area contributed by atoms with E-state index in [2.05, 4.69) is 408 Å². The fourth-order valence-electron chi connectivity index (χ4n) is 24.5. The predicted molar refractivity (Wildman–Crippen MR) is 643 cm³/mol. The van der Waals surface area contributed by atoms with Crippen molar-refractivity contribution < 1.29 is 8.83 Å². The van der Waals surface area contributed by atoms with Crippen LogP contribution in [-0.4, -0.2) is 43.6 Å². The van der Waals surface area contributed by atoms with Gasteiger partial charge in [0.15, 0.2) is 0 Å². The Morgan fingerprint density at radius 1 is 0.173 bits per heavy atom. The first-order valence-corrected chi connectivity index (χ1v) is 55.7. The van der Waals surface area contributed by atoms with Gasteiger partial charge in [0.25, 0.3) is 0 Å². The van der Waals surface area contributed by atoms with Crippen LogP contribution in [0.5, 0.6) is 0 Å². The standard InChI is InChI=1S/2C44H23N3OS2.C44H23N3S3/c1-2-14-27-25(13-1)40-36(37-29-16-5-9-22-34(29)49-42(27)37)28-15-3-7-20-32(28)47(40)44-45-39(38-30-17-6-10-23-35(30)50-43(38)46-44)31-19-11-18-26-24-12-4-8-21-33(24)48-41(26)31;1-2-13-27-26(12-1)41-37(38-29-15-5-9-19-35(29)49-42(27)38)28-14-3-7-17-32(28)47(41)44-45-40(39-30-16-6-10-20-36(30)50-43(39)46-44)24-21-22-34-31(23-24)25-11-4-8-18-33(25)48-34;1-2-14-27-25(13-1)40-36(37-29-16-5-9-22-34(29)49-42(27)37)28-15-3-7-20-32(28)47(40)44-45-39(38-30-17-6-10-23-35(30)50-43(38)46-44)31-19-11-18-26-24-12-4-8-21-33(24)48-41(26)31/h3*1-23H. The summed E-state index contributed by atoms with van der Waals surface area (Å²) in [6, 6.07) is 150. The summed E-state index contributed by atoms with van der Waals surface area (Å²) in [5.74, 6) is 2.03. The largest absolute Gasteiger partial charge is 0.456 e. The van der Waals surface area contributed by atoms with Crippen molar-refractivity contribution in [2.45, 2.75) is 0 Å². The molecule has 0 atom stereocenters. The van der Waals surface area contributed by atoms with Crippen LogP contribution in [0.4, 0.5) is 0 Å². The van der Waals surface area contributed by atoms with Crippen LogP contribution in [0.1, 0.15) is 0 Å². The van der Waals surface area contributed by atoms with Gasteiger partial charge in [-0.1, -0.05) is 322 Å². The van der Waals surface area contributed by atoms with Crippen LogP contribution in [0.2, 0.25) is 0 Å². The molecule has 696 valence electrons. The quantitative estimate of drug-likeness (QED) is 0.162. The molecule has 36 rings (SSSR count). The molecule has 0 saturated carbocycles. The molecular weight excluding hydrogens is 1970 g/mol. The average molecular weight is 2040 g/mol. The van der Waals surface area contributed by atoms with Crippen LogP contribution in [0.25, 0.3) is 335 Å². The number of hydrogen-bond acceptors (Lipinski definition) is 15. The molecule has 0 aliphatic carbocycles. The zero-order valence-electron chi connectivity index (χ0n) is 79.0. The zero-order valence-corrected chi connectivity index (χ0v) is 84.8. The van der Waals surface area contributed by atoms with Crippen LogP contribution < -0.4 is 0 Å². The minimum Gasteiger partial charge on any atom is -0.456 e. The highest BCUT2D eigenvalue weighted by molar-refractivity contribution is 7.29. The van der Waals surface area contributed by atoms with E-state index in [1.54, 1.807) is 34.0 Å². The van der Waals surface area contributed by atoms with Crippen molar-refractivity contribution in [2.75, 3.05) is 0 Å². The number of aromatic nitrogens is 9. The summed E-state index contributed by atoms with van der Waals surface area (Å²) in [5, 5.41) is 36.2. The molecule has 0 spiro atoms. The molecule has 36 aromatic rings. The molecule has 18 heteroatoms. The summed E-state index contributed by atoms with van der Waals surface area (Å²) in [4.78, 5) is 36.1.